The average Bonchev–Trinajstić information content (AvgIpc) is 2.38. The molecule has 114 valence electrons. The highest BCUT2D eigenvalue weighted by molar-refractivity contribution is 4.94. The third-order valence-corrected chi connectivity index (χ3v) is 5.46. The smallest absolute Gasteiger partial charge is 0.0304 e. The summed E-state index contributed by atoms with van der Waals surface area (Å²) in [6.07, 6.45) is 6.58. The summed E-state index contributed by atoms with van der Waals surface area (Å²) < 4.78 is 0. The van der Waals surface area contributed by atoms with Crippen molar-refractivity contribution in [2.75, 3.05) is 13.1 Å². The van der Waals surface area contributed by atoms with Gasteiger partial charge in [0.2, 0.25) is 0 Å². The minimum Gasteiger partial charge on any atom is -0.329 e. The second kappa shape index (κ2) is 7.64. The molecule has 0 aromatic carbocycles. The average molecular weight is 268 g/mol. The van der Waals surface area contributed by atoms with Crippen molar-refractivity contribution in [3.63, 3.8) is 0 Å². The molecule has 2 heteroatoms. The molecule has 0 atom stereocenters. The van der Waals surface area contributed by atoms with Crippen molar-refractivity contribution in [3.05, 3.63) is 0 Å². The van der Waals surface area contributed by atoms with Crippen molar-refractivity contribution in [2.24, 2.45) is 29.4 Å². The van der Waals surface area contributed by atoms with Crippen LogP contribution >= 0.6 is 0 Å². The van der Waals surface area contributed by atoms with E-state index in [0.29, 0.717) is 0 Å². The normalized spacial score (nSPS) is 28.6. The molecular formula is C17H36N2. The minimum absolute atomic E-state index is 0.230. The number of hydrogen-bond acceptors (Lipinski definition) is 2. The molecule has 0 aromatic heterocycles. The first-order valence-corrected chi connectivity index (χ1v) is 8.39. The first kappa shape index (κ1) is 17.0. The summed E-state index contributed by atoms with van der Waals surface area (Å²) in [7, 11) is 0. The third kappa shape index (κ3) is 4.75. The van der Waals surface area contributed by atoms with E-state index in [4.69, 9.17) is 5.73 Å². The second-order valence-electron chi connectivity index (χ2n) is 7.37. The second-order valence-corrected chi connectivity index (χ2v) is 7.37. The maximum Gasteiger partial charge on any atom is 0.0304 e. The summed E-state index contributed by atoms with van der Waals surface area (Å²) in [5, 5.41) is 3.87. The van der Waals surface area contributed by atoms with Crippen LogP contribution in [-0.2, 0) is 0 Å². The van der Waals surface area contributed by atoms with Gasteiger partial charge in [0.05, 0.1) is 0 Å². The van der Waals surface area contributed by atoms with Gasteiger partial charge in [-0.3, -0.25) is 0 Å². The molecule has 3 N–H and O–H groups in total. The highest BCUT2D eigenvalue weighted by Gasteiger charge is 2.34. The summed E-state index contributed by atoms with van der Waals surface area (Å²) in [6, 6.07) is 0. The Morgan fingerprint density at radius 1 is 1.11 bits per heavy atom. The summed E-state index contributed by atoms with van der Waals surface area (Å²) >= 11 is 0. The van der Waals surface area contributed by atoms with Crippen LogP contribution in [0.1, 0.15) is 66.7 Å². The maximum atomic E-state index is 6.10. The van der Waals surface area contributed by atoms with Gasteiger partial charge in [0.25, 0.3) is 0 Å². The Bertz CT molecular complexity index is 232. The molecule has 0 amide bonds. The predicted molar refractivity (Wildman–Crippen MR) is 85.2 cm³/mol. The van der Waals surface area contributed by atoms with Gasteiger partial charge in [0.15, 0.2) is 0 Å². The first-order valence-electron chi connectivity index (χ1n) is 8.39. The number of rotatable bonds is 7. The van der Waals surface area contributed by atoms with E-state index in [9.17, 15) is 0 Å². The van der Waals surface area contributed by atoms with Gasteiger partial charge in [-0.25, -0.2) is 0 Å². The van der Waals surface area contributed by atoms with Gasteiger partial charge in [0, 0.05) is 12.1 Å². The topological polar surface area (TPSA) is 38.0 Å². The summed E-state index contributed by atoms with van der Waals surface area (Å²) in [5.74, 6) is 3.18. The molecule has 0 saturated heterocycles. The lowest BCUT2D eigenvalue weighted by Gasteiger charge is -2.42. The van der Waals surface area contributed by atoms with Crippen molar-refractivity contribution in [1.29, 1.82) is 0 Å². The Morgan fingerprint density at radius 3 is 2.00 bits per heavy atom. The predicted octanol–water partition coefficient (Wildman–Crippen LogP) is 3.80. The Kier molecular flexibility index (Phi) is 6.82. The fraction of sp³-hybridized carbons (Fsp3) is 1.00. The van der Waals surface area contributed by atoms with E-state index in [2.05, 4.69) is 39.9 Å². The molecule has 0 heterocycles. The molecule has 0 unspecified atom stereocenters. The molecule has 19 heavy (non-hydrogen) atoms. The van der Waals surface area contributed by atoms with Gasteiger partial charge >= 0.3 is 0 Å². The van der Waals surface area contributed by atoms with E-state index in [1.54, 1.807) is 0 Å². The van der Waals surface area contributed by atoms with E-state index in [-0.39, 0.29) is 5.54 Å². The molecule has 1 rings (SSSR count). The molecule has 0 radical (unpaired) electrons. The van der Waals surface area contributed by atoms with E-state index in [0.717, 1.165) is 36.8 Å². The largest absolute Gasteiger partial charge is 0.329 e. The number of nitrogens with one attached hydrogen (secondary N) is 1. The van der Waals surface area contributed by atoms with Crippen LogP contribution in [0.3, 0.4) is 0 Å². The summed E-state index contributed by atoms with van der Waals surface area (Å²) in [4.78, 5) is 0. The molecule has 1 fully saturated rings. The van der Waals surface area contributed by atoms with E-state index in [1.165, 1.54) is 32.1 Å². The van der Waals surface area contributed by atoms with Crippen LogP contribution in [0.25, 0.3) is 0 Å². The van der Waals surface area contributed by atoms with E-state index < -0.39 is 0 Å². The lowest BCUT2D eigenvalue weighted by atomic mass is 9.75. The SMILES string of the molecule is CCC1CCC(CN)(NCC(C(C)C)C(C)C)CC1. The lowest BCUT2D eigenvalue weighted by molar-refractivity contribution is 0.164. The van der Waals surface area contributed by atoms with E-state index in [1.807, 2.05) is 0 Å². The maximum absolute atomic E-state index is 6.10. The Labute approximate surface area is 120 Å². The van der Waals surface area contributed by atoms with Gasteiger partial charge in [-0.05, 0) is 55.9 Å². The Morgan fingerprint density at radius 2 is 1.63 bits per heavy atom. The van der Waals surface area contributed by atoms with Gasteiger partial charge in [-0.1, -0.05) is 41.0 Å². The van der Waals surface area contributed by atoms with Crippen molar-refractivity contribution >= 4 is 0 Å². The van der Waals surface area contributed by atoms with Crippen LogP contribution in [0.15, 0.2) is 0 Å². The van der Waals surface area contributed by atoms with Crippen molar-refractivity contribution < 1.29 is 0 Å². The van der Waals surface area contributed by atoms with E-state index >= 15 is 0 Å². The number of hydrogen-bond donors (Lipinski definition) is 2. The zero-order valence-electron chi connectivity index (χ0n) is 13.8. The first-order chi connectivity index (χ1) is 8.94. The molecule has 2 nitrogen and oxygen atoms in total. The fourth-order valence-electron chi connectivity index (χ4n) is 3.67. The molecule has 0 aromatic rings. The molecule has 1 aliphatic carbocycles. The van der Waals surface area contributed by atoms with Gasteiger partial charge in [-0.15, -0.1) is 0 Å². The van der Waals surface area contributed by atoms with Crippen LogP contribution in [0.2, 0.25) is 0 Å². The van der Waals surface area contributed by atoms with Crippen LogP contribution in [0, 0.1) is 23.7 Å². The summed E-state index contributed by atoms with van der Waals surface area (Å²) in [5.41, 5.74) is 6.33. The van der Waals surface area contributed by atoms with Crippen molar-refractivity contribution in [1.82, 2.24) is 5.32 Å². The van der Waals surface area contributed by atoms with Crippen LogP contribution < -0.4 is 11.1 Å². The van der Waals surface area contributed by atoms with Gasteiger partial charge in [-0.2, -0.15) is 0 Å². The lowest BCUT2D eigenvalue weighted by Crippen LogP contribution is -2.55. The zero-order valence-corrected chi connectivity index (χ0v) is 13.8. The molecule has 0 aliphatic heterocycles. The molecule has 1 saturated carbocycles. The fourth-order valence-corrected chi connectivity index (χ4v) is 3.67. The standard InChI is InChI=1S/C17H36N2/c1-6-15-7-9-17(12-18,10-8-15)19-11-16(13(2)3)14(4)5/h13-16,19H,6-12,18H2,1-5H3. The number of nitrogens with two attached hydrogens (primary N) is 1. The Hall–Kier alpha value is -0.0800. The molecule has 0 bridgehead atoms. The monoisotopic (exact) mass is 268 g/mol. The van der Waals surface area contributed by atoms with Crippen molar-refractivity contribution in [2.45, 2.75) is 72.3 Å². The quantitative estimate of drug-likeness (QED) is 0.737. The van der Waals surface area contributed by atoms with Crippen LogP contribution in [0.5, 0.6) is 0 Å². The molecule has 0 spiro atoms. The Balaban J connectivity index is 2.52. The molecular weight excluding hydrogens is 232 g/mol. The van der Waals surface area contributed by atoms with Gasteiger partial charge in [0.1, 0.15) is 0 Å². The van der Waals surface area contributed by atoms with Crippen LogP contribution in [0.4, 0.5) is 0 Å². The highest BCUT2D eigenvalue weighted by Crippen LogP contribution is 2.33. The van der Waals surface area contributed by atoms with Gasteiger partial charge < -0.3 is 11.1 Å². The third-order valence-electron chi connectivity index (χ3n) is 5.46. The molecule has 1 aliphatic rings. The van der Waals surface area contributed by atoms with Crippen LogP contribution in [-0.4, -0.2) is 18.6 Å². The summed E-state index contributed by atoms with van der Waals surface area (Å²) in [6.45, 7) is 13.6. The zero-order chi connectivity index (χ0) is 14.5. The highest BCUT2D eigenvalue weighted by atomic mass is 15.0. The minimum atomic E-state index is 0.230. The van der Waals surface area contributed by atoms with Crippen molar-refractivity contribution in [3.8, 4) is 0 Å².